The zero-order valence-electron chi connectivity index (χ0n) is 10.5. The molecule has 0 atom stereocenters. The maximum atomic E-state index is 13.5. The van der Waals surface area contributed by atoms with Crippen LogP contribution < -0.4 is 0 Å². The van der Waals surface area contributed by atoms with E-state index in [0.717, 1.165) is 11.1 Å². The number of halogens is 1. The van der Waals surface area contributed by atoms with E-state index in [1.54, 1.807) is 13.0 Å². The normalized spacial score (nSPS) is 10.9. The van der Waals surface area contributed by atoms with Gasteiger partial charge in [-0.25, -0.2) is 4.39 Å². The summed E-state index contributed by atoms with van der Waals surface area (Å²) >= 11 is 0. The lowest BCUT2D eigenvalue weighted by atomic mass is 9.98. The largest absolute Gasteiger partial charge is 0.207 e. The van der Waals surface area contributed by atoms with Crippen LogP contribution in [0.3, 0.4) is 0 Å². The zero-order valence-corrected chi connectivity index (χ0v) is 10.5. The Balaban J connectivity index is 2.36. The van der Waals surface area contributed by atoms with Gasteiger partial charge in [0.1, 0.15) is 5.82 Å². The van der Waals surface area contributed by atoms with Crippen molar-refractivity contribution in [2.45, 2.75) is 26.7 Å². The van der Waals surface area contributed by atoms with Gasteiger partial charge in [0.15, 0.2) is 0 Å². The first-order valence-electron chi connectivity index (χ1n) is 5.94. The molecule has 0 unspecified atom stereocenters. The Hall–Kier alpha value is -1.63. The van der Waals surface area contributed by atoms with Gasteiger partial charge in [-0.1, -0.05) is 50.2 Å². The second kappa shape index (κ2) is 4.70. The quantitative estimate of drug-likeness (QED) is 0.684. The molecule has 0 heterocycles. The number of aryl methyl sites for hydroxylation is 1. The molecule has 0 aromatic heterocycles. The van der Waals surface area contributed by atoms with Crippen molar-refractivity contribution >= 4 is 0 Å². The topological polar surface area (TPSA) is 0 Å². The van der Waals surface area contributed by atoms with E-state index in [1.165, 1.54) is 5.56 Å². The van der Waals surface area contributed by atoms with E-state index in [2.05, 4.69) is 38.1 Å². The van der Waals surface area contributed by atoms with Gasteiger partial charge in [-0.15, -0.1) is 0 Å². The van der Waals surface area contributed by atoms with E-state index in [-0.39, 0.29) is 5.82 Å². The number of rotatable bonds is 2. The van der Waals surface area contributed by atoms with Crippen molar-refractivity contribution in [2.24, 2.45) is 0 Å². The summed E-state index contributed by atoms with van der Waals surface area (Å²) in [6.45, 7) is 6.11. The van der Waals surface area contributed by atoms with Crippen molar-refractivity contribution in [3.05, 3.63) is 59.4 Å². The smallest absolute Gasteiger partial charge is 0.126 e. The third-order valence-electron chi connectivity index (χ3n) is 3.08. The highest BCUT2D eigenvalue weighted by atomic mass is 19.1. The predicted octanol–water partition coefficient (Wildman–Crippen LogP) is 4.92. The molecule has 0 fully saturated rings. The fourth-order valence-corrected chi connectivity index (χ4v) is 1.83. The second-order valence-electron chi connectivity index (χ2n) is 4.74. The molecular weight excluding hydrogens is 211 g/mol. The SMILES string of the molecule is Cc1ccc(-c2ccc(C(C)C)cc2)cc1F. The summed E-state index contributed by atoms with van der Waals surface area (Å²) in [7, 11) is 0. The van der Waals surface area contributed by atoms with E-state index in [1.807, 2.05) is 12.1 Å². The molecule has 0 saturated heterocycles. The molecule has 0 aliphatic rings. The van der Waals surface area contributed by atoms with E-state index >= 15 is 0 Å². The van der Waals surface area contributed by atoms with Crippen molar-refractivity contribution in [1.82, 2.24) is 0 Å². The van der Waals surface area contributed by atoms with Crippen LogP contribution in [-0.2, 0) is 0 Å². The lowest BCUT2D eigenvalue weighted by Gasteiger charge is -2.07. The number of hydrogen-bond acceptors (Lipinski definition) is 0. The van der Waals surface area contributed by atoms with Gasteiger partial charge < -0.3 is 0 Å². The molecule has 0 nitrogen and oxygen atoms in total. The Morgan fingerprint density at radius 1 is 0.882 bits per heavy atom. The minimum absolute atomic E-state index is 0.143. The first-order valence-corrected chi connectivity index (χ1v) is 5.94. The molecule has 0 aliphatic heterocycles. The lowest BCUT2D eigenvalue weighted by molar-refractivity contribution is 0.619. The van der Waals surface area contributed by atoms with Gasteiger partial charge in [0.2, 0.25) is 0 Å². The Kier molecular flexibility index (Phi) is 3.28. The minimum Gasteiger partial charge on any atom is -0.207 e. The van der Waals surface area contributed by atoms with Gasteiger partial charge >= 0.3 is 0 Å². The molecule has 2 aromatic rings. The lowest BCUT2D eigenvalue weighted by Crippen LogP contribution is -1.88. The molecular formula is C16H17F. The van der Waals surface area contributed by atoms with Crippen LogP contribution in [0.1, 0.15) is 30.9 Å². The van der Waals surface area contributed by atoms with Crippen LogP contribution >= 0.6 is 0 Å². The molecule has 0 bridgehead atoms. The highest BCUT2D eigenvalue weighted by Crippen LogP contribution is 2.24. The molecule has 1 heteroatoms. The molecule has 17 heavy (non-hydrogen) atoms. The molecule has 0 spiro atoms. The average Bonchev–Trinajstić information content (AvgIpc) is 2.33. The van der Waals surface area contributed by atoms with Gasteiger partial charge in [-0.05, 0) is 41.2 Å². The average molecular weight is 228 g/mol. The standard InChI is InChI=1S/C16H17F/c1-11(2)13-6-8-14(9-7-13)15-5-4-12(3)16(17)10-15/h4-11H,1-3H3. The Labute approximate surface area is 102 Å². The molecule has 0 radical (unpaired) electrons. The minimum atomic E-state index is -0.143. The molecule has 0 aliphatic carbocycles. The van der Waals surface area contributed by atoms with Gasteiger partial charge in [-0.2, -0.15) is 0 Å². The summed E-state index contributed by atoms with van der Waals surface area (Å²) in [6.07, 6.45) is 0. The molecule has 0 amide bonds. The number of benzene rings is 2. The van der Waals surface area contributed by atoms with Gasteiger partial charge in [0, 0.05) is 0 Å². The maximum Gasteiger partial charge on any atom is 0.126 e. The maximum absolute atomic E-state index is 13.5. The zero-order chi connectivity index (χ0) is 12.4. The van der Waals surface area contributed by atoms with Crippen molar-refractivity contribution in [3.8, 4) is 11.1 Å². The van der Waals surface area contributed by atoms with Crippen LogP contribution in [0.15, 0.2) is 42.5 Å². The van der Waals surface area contributed by atoms with Crippen LogP contribution in [0.5, 0.6) is 0 Å². The van der Waals surface area contributed by atoms with E-state index in [0.29, 0.717) is 11.5 Å². The summed E-state index contributed by atoms with van der Waals surface area (Å²) in [5.74, 6) is 0.384. The van der Waals surface area contributed by atoms with E-state index < -0.39 is 0 Å². The summed E-state index contributed by atoms with van der Waals surface area (Å²) in [5, 5.41) is 0. The molecule has 0 N–H and O–H groups in total. The molecule has 2 aromatic carbocycles. The van der Waals surface area contributed by atoms with E-state index in [4.69, 9.17) is 0 Å². The first kappa shape index (κ1) is 11.8. The summed E-state index contributed by atoms with van der Waals surface area (Å²) in [6, 6.07) is 13.7. The van der Waals surface area contributed by atoms with Crippen LogP contribution in [0.25, 0.3) is 11.1 Å². The van der Waals surface area contributed by atoms with Crippen LogP contribution in [0.2, 0.25) is 0 Å². The summed E-state index contributed by atoms with van der Waals surface area (Å²) in [5.41, 5.74) is 3.99. The highest BCUT2D eigenvalue weighted by Gasteiger charge is 2.03. The second-order valence-corrected chi connectivity index (χ2v) is 4.74. The van der Waals surface area contributed by atoms with Crippen molar-refractivity contribution in [2.75, 3.05) is 0 Å². The Bertz CT molecular complexity index is 510. The summed E-state index contributed by atoms with van der Waals surface area (Å²) < 4.78 is 13.5. The third-order valence-corrected chi connectivity index (χ3v) is 3.08. The predicted molar refractivity (Wildman–Crippen MR) is 70.7 cm³/mol. The molecule has 0 saturated carbocycles. The van der Waals surface area contributed by atoms with Crippen LogP contribution in [0, 0.1) is 12.7 Å². The van der Waals surface area contributed by atoms with Crippen molar-refractivity contribution in [1.29, 1.82) is 0 Å². The monoisotopic (exact) mass is 228 g/mol. The first-order chi connectivity index (χ1) is 8.08. The van der Waals surface area contributed by atoms with Crippen molar-refractivity contribution < 1.29 is 4.39 Å². The van der Waals surface area contributed by atoms with Gasteiger partial charge in [0.05, 0.1) is 0 Å². The summed E-state index contributed by atoms with van der Waals surface area (Å²) in [4.78, 5) is 0. The molecule has 2 rings (SSSR count). The molecule has 88 valence electrons. The van der Waals surface area contributed by atoms with Gasteiger partial charge in [-0.3, -0.25) is 0 Å². The number of hydrogen-bond donors (Lipinski definition) is 0. The van der Waals surface area contributed by atoms with Crippen LogP contribution in [0.4, 0.5) is 4.39 Å². The fraction of sp³-hybridized carbons (Fsp3) is 0.250. The highest BCUT2D eigenvalue weighted by molar-refractivity contribution is 5.64. The van der Waals surface area contributed by atoms with E-state index in [9.17, 15) is 4.39 Å². The fourth-order valence-electron chi connectivity index (χ4n) is 1.83. The third kappa shape index (κ3) is 2.55. The Morgan fingerprint density at radius 3 is 2.00 bits per heavy atom. The van der Waals surface area contributed by atoms with Gasteiger partial charge in [0.25, 0.3) is 0 Å². The Morgan fingerprint density at radius 2 is 1.47 bits per heavy atom. The van der Waals surface area contributed by atoms with Crippen molar-refractivity contribution in [3.63, 3.8) is 0 Å². The van der Waals surface area contributed by atoms with Crippen LogP contribution in [-0.4, -0.2) is 0 Å².